The molecule has 340 valence electrons. The first-order chi connectivity index (χ1) is 30.2. The van der Waals surface area contributed by atoms with Gasteiger partial charge in [-0.05, 0) is 125 Å². The number of aryl methyl sites for hydroxylation is 2. The lowest BCUT2D eigenvalue weighted by Crippen LogP contribution is -2.25. The highest BCUT2D eigenvalue weighted by Crippen LogP contribution is 2.45. The lowest BCUT2D eigenvalue weighted by atomic mass is 9.83. The zero-order valence-corrected chi connectivity index (χ0v) is 40.5. The van der Waals surface area contributed by atoms with E-state index in [0.29, 0.717) is 53.7 Å². The van der Waals surface area contributed by atoms with Gasteiger partial charge in [-0.2, -0.15) is 0 Å². The second-order valence-corrected chi connectivity index (χ2v) is 18.4. The smallest absolute Gasteiger partial charge is 0.339 e. The molecule has 2 unspecified atom stereocenters. The molecule has 9 nitrogen and oxygen atoms in total. The number of rotatable bonds is 15. The van der Waals surface area contributed by atoms with Gasteiger partial charge in [0.05, 0.1) is 5.56 Å². The highest BCUT2D eigenvalue weighted by molar-refractivity contribution is 9.10. The number of benzene rings is 4. The highest BCUT2D eigenvalue weighted by atomic mass is 79.9. The number of carboxylic acids is 1. The number of carboxylic acid groups (broad SMARTS) is 1. The van der Waals surface area contributed by atoms with Crippen molar-refractivity contribution in [3.8, 4) is 23.0 Å². The number of phenols is 4. The van der Waals surface area contributed by atoms with Gasteiger partial charge in [-0.25, -0.2) is 4.79 Å². The number of carbonyl (C=O) groups excluding carboxylic acids is 1. The summed E-state index contributed by atoms with van der Waals surface area (Å²) in [6.45, 7) is 9.26. The first-order valence-electron chi connectivity index (χ1n) is 22.4. The SMILES string of the molecule is CCCCCc1cc(O)c(C2C=C(C)CCC2)c(O)c1C(=O)NCc1ccccc1Br.CCCCCc1cc(O)c(C2C=C(C)CCC2)c(O)c1C(=O)O.NCc1ccccc1Br. The van der Waals surface area contributed by atoms with E-state index in [4.69, 9.17) is 5.73 Å². The van der Waals surface area contributed by atoms with E-state index in [1.165, 1.54) is 17.2 Å². The first-order valence-corrected chi connectivity index (χ1v) is 24.0. The molecule has 0 radical (unpaired) electrons. The van der Waals surface area contributed by atoms with Gasteiger partial charge in [-0.3, -0.25) is 4.79 Å². The quantitative estimate of drug-likeness (QED) is 0.0455. The molecule has 11 heteroatoms. The standard InChI is InChI=1S/C26H32BrNO3.C19H26O4.C7H8BrN/c1-3-4-5-10-19-15-22(29)23(18-12-8-9-17(2)14-18)25(30)24(19)26(31)28-16-20-11-6-7-13-21(20)27;1-3-4-5-8-14-11-15(20)16(18(21)17(14)19(22)23)13-9-6-7-12(2)10-13;8-7-4-2-1-3-6(7)5-9/h6-7,11,13-15,18,29-30H,3-5,8-10,12,16H2,1-2H3,(H,28,31);10-11,13,20-21H,3-9H2,1-2H3,(H,22,23);1-4H,5,9H2. The third-order valence-electron chi connectivity index (χ3n) is 11.8. The Morgan fingerprint density at radius 2 is 1.11 bits per heavy atom. The van der Waals surface area contributed by atoms with Gasteiger partial charge < -0.3 is 36.6 Å². The van der Waals surface area contributed by atoms with Crippen molar-refractivity contribution in [1.29, 1.82) is 0 Å². The van der Waals surface area contributed by atoms with E-state index < -0.39 is 5.97 Å². The van der Waals surface area contributed by atoms with E-state index in [1.807, 2.05) is 61.5 Å². The number of carbonyl (C=O) groups is 2. The third-order valence-corrected chi connectivity index (χ3v) is 13.3. The summed E-state index contributed by atoms with van der Waals surface area (Å²) in [4.78, 5) is 24.9. The van der Waals surface area contributed by atoms with Gasteiger partial charge in [0.15, 0.2) is 0 Å². The topological polar surface area (TPSA) is 173 Å². The van der Waals surface area contributed by atoms with Gasteiger partial charge in [0.2, 0.25) is 0 Å². The average molecular weight is 991 g/mol. The van der Waals surface area contributed by atoms with Crippen LogP contribution in [0.5, 0.6) is 23.0 Å². The molecule has 8 N–H and O–H groups in total. The summed E-state index contributed by atoms with van der Waals surface area (Å²) in [7, 11) is 0. The second-order valence-electron chi connectivity index (χ2n) is 16.7. The molecule has 2 atom stereocenters. The number of aromatic hydroxyl groups is 4. The maximum atomic E-state index is 13.2. The third kappa shape index (κ3) is 14.5. The van der Waals surface area contributed by atoms with Gasteiger partial charge in [0.1, 0.15) is 28.6 Å². The fourth-order valence-electron chi connectivity index (χ4n) is 8.44. The summed E-state index contributed by atoms with van der Waals surface area (Å²) in [6, 6.07) is 18.9. The lowest BCUT2D eigenvalue weighted by Gasteiger charge is -2.24. The largest absolute Gasteiger partial charge is 0.507 e. The molecule has 0 saturated heterocycles. The molecular weight excluding hydrogens is 924 g/mol. The van der Waals surface area contributed by atoms with Crippen molar-refractivity contribution in [2.75, 3.05) is 0 Å². The van der Waals surface area contributed by atoms with Crippen molar-refractivity contribution in [2.45, 2.75) is 143 Å². The summed E-state index contributed by atoms with van der Waals surface area (Å²) in [5.41, 5.74) is 12.3. The molecule has 1 amide bonds. The number of halogens is 2. The van der Waals surface area contributed by atoms with Crippen LogP contribution in [0.25, 0.3) is 0 Å². The minimum absolute atomic E-state index is 0.00921. The number of nitrogens with two attached hydrogens (primary N) is 1. The van der Waals surface area contributed by atoms with Crippen molar-refractivity contribution < 1.29 is 35.1 Å². The van der Waals surface area contributed by atoms with Crippen LogP contribution in [0, 0.1) is 0 Å². The fraction of sp³-hybridized carbons (Fsp3) is 0.423. The van der Waals surface area contributed by atoms with Gasteiger partial charge in [0, 0.05) is 45.0 Å². The Hall–Kier alpha value is -4.58. The van der Waals surface area contributed by atoms with Gasteiger partial charge >= 0.3 is 5.97 Å². The number of hydrogen-bond acceptors (Lipinski definition) is 7. The molecule has 2 aliphatic carbocycles. The molecule has 4 aromatic carbocycles. The van der Waals surface area contributed by atoms with Crippen molar-refractivity contribution in [3.63, 3.8) is 0 Å². The first kappa shape index (κ1) is 51.1. The maximum absolute atomic E-state index is 13.2. The van der Waals surface area contributed by atoms with Crippen LogP contribution in [0.1, 0.15) is 171 Å². The van der Waals surface area contributed by atoms with E-state index in [-0.39, 0.29) is 46.3 Å². The fourth-order valence-corrected chi connectivity index (χ4v) is 9.31. The molecule has 0 fully saturated rings. The summed E-state index contributed by atoms with van der Waals surface area (Å²) in [5, 5.41) is 55.4. The molecule has 0 saturated carbocycles. The number of nitrogens with one attached hydrogen (secondary N) is 1. The Kier molecular flexibility index (Phi) is 20.8. The molecule has 0 bridgehead atoms. The predicted octanol–water partition coefficient (Wildman–Crippen LogP) is 13.4. The highest BCUT2D eigenvalue weighted by Gasteiger charge is 2.29. The van der Waals surface area contributed by atoms with E-state index in [9.17, 15) is 35.1 Å². The number of phenolic OH excluding ortho intramolecular Hbond substituents is 3. The van der Waals surface area contributed by atoms with Crippen LogP contribution in [0.4, 0.5) is 0 Å². The van der Waals surface area contributed by atoms with Crippen molar-refractivity contribution in [2.24, 2.45) is 5.73 Å². The lowest BCUT2D eigenvalue weighted by molar-refractivity contribution is 0.0691. The van der Waals surface area contributed by atoms with Crippen LogP contribution < -0.4 is 11.1 Å². The van der Waals surface area contributed by atoms with Crippen LogP contribution >= 0.6 is 31.9 Å². The average Bonchev–Trinajstić information content (AvgIpc) is 3.24. The van der Waals surface area contributed by atoms with Crippen LogP contribution in [0.15, 0.2) is 92.9 Å². The van der Waals surface area contributed by atoms with Gasteiger partial charge in [0.25, 0.3) is 5.91 Å². The number of aromatic carboxylic acids is 1. The van der Waals surface area contributed by atoms with Crippen LogP contribution in [-0.4, -0.2) is 37.4 Å². The van der Waals surface area contributed by atoms with Crippen molar-refractivity contribution in [1.82, 2.24) is 5.32 Å². The number of hydrogen-bond donors (Lipinski definition) is 7. The number of amides is 1. The molecule has 6 rings (SSSR count). The maximum Gasteiger partial charge on any atom is 0.339 e. The van der Waals surface area contributed by atoms with Crippen molar-refractivity contribution >= 4 is 43.7 Å². The molecule has 0 aromatic heterocycles. The monoisotopic (exact) mass is 988 g/mol. The van der Waals surface area contributed by atoms with E-state index in [1.54, 1.807) is 6.07 Å². The zero-order chi connectivity index (χ0) is 46.1. The Morgan fingerprint density at radius 3 is 1.52 bits per heavy atom. The van der Waals surface area contributed by atoms with Crippen LogP contribution in [0.2, 0.25) is 0 Å². The Bertz CT molecular complexity index is 2230. The van der Waals surface area contributed by atoms with Crippen LogP contribution in [-0.2, 0) is 25.9 Å². The molecule has 2 aliphatic rings. The predicted molar refractivity (Wildman–Crippen MR) is 261 cm³/mol. The summed E-state index contributed by atoms with van der Waals surface area (Å²) in [5.74, 6) is -1.88. The molecular formula is C52H66Br2N2O7. The zero-order valence-electron chi connectivity index (χ0n) is 37.3. The number of unbranched alkanes of at least 4 members (excludes halogenated alkanes) is 4. The second kappa shape index (κ2) is 25.6. The summed E-state index contributed by atoms with van der Waals surface area (Å²) >= 11 is 6.89. The molecule has 0 heterocycles. The van der Waals surface area contributed by atoms with E-state index in [0.717, 1.165) is 97.1 Å². The molecule has 63 heavy (non-hydrogen) atoms. The molecule has 0 spiro atoms. The van der Waals surface area contributed by atoms with Gasteiger partial charge in [-0.15, -0.1) is 0 Å². The summed E-state index contributed by atoms with van der Waals surface area (Å²) < 4.78 is 2.02. The van der Waals surface area contributed by atoms with E-state index in [2.05, 4.69) is 64.0 Å². The molecule has 0 aliphatic heterocycles. The normalized spacial score (nSPS) is 15.8. The molecule has 4 aromatic rings. The van der Waals surface area contributed by atoms with E-state index >= 15 is 0 Å². The minimum atomic E-state index is -1.13. The van der Waals surface area contributed by atoms with Crippen molar-refractivity contribution in [3.05, 3.63) is 137 Å². The van der Waals surface area contributed by atoms with Crippen LogP contribution in [0.3, 0.4) is 0 Å². The Balaban J connectivity index is 0.000000237. The van der Waals surface area contributed by atoms with Gasteiger partial charge in [-0.1, -0.05) is 131 Å². The Morgan fingerprint density at radius 1 is 0.667 bits per heavy atom. The minimum Gasteiger partial charge on any atom is -0.507 e. The number of allylic oxidation sites excluding steroid dienone is 4. The Labute approximate surface area is 390 Å². The summed E-state index contributed by atoms with van der Waals surface area (Å²) in [6.07, 6.45) is 16.9.